The summed E-state index contributed by atoms with van der Waals surface area (Å²) < 4.78 is 35.2. The summed E-state index contributed by atoms with van der Waals surface area (Å²) in [6.45, 7) is 0. The Balaban J connectivity index is 1.79. The maximum absolute atomic E-state index is 12.7. The van der Waals surface area contributed by atoms with Crippen molar-refractivity contribution < 1.29 is 13.2 Å². The van der Waals surface area contributed by atoms with E-state index < -0.39 is 10.0 Å². The number of pyridine rings is 1. The molecular weight excluding hydrogens is 336 g/mol. The number of methoxy groups -OCH3 is 1. The van der Waals surface area contributed by atoms with Gasteiger partial charge in [-0.05, 0) is 60.7 Å². The lowest BCUT2D eigenvalue weighted by Gasteiger charge is -2.12. The molecule has 0 saturated heterocycles. The van der Waals surface area contributed by atoms with E-state index >= 15 is 0 Å². The van der Waals surface area contributed by atoms with Crippen LogP contribution in [0.2, 0.25) is 0 Å². The first-order valence-corrected chi connectivity index (χ1v) is 9.22. The number of ether oxygens (including phenoxy) is 1. The molecule has 0 aliphatic rings. The fraction of sp³-hybridized carbons (Fsp3) is 0.0526. The van der Waals surface area contributed by atoms with E-state index in [2.05, 4.69) is 4.72 Å². The van der Waals surface area contributed by atoms with E-state index in [4.69, 9.17) is 4.74 Å². The molecule has 0 saturated carbocycles. The van der Waals surface area contributed by atoms with Crippen molar-refractivity contribution in [3.63, 3.8) is 0 Å². The number of nitrogens with zero attached hydrogens (tertiary/aromatic N) is 1. The molecule has 2 aromatic carbocycles. The Kier molecular flexibility index (Phi) is 3.62. The first-order chi connectivity index (χ1) is 12.1. The molecule has 0 spiro atoms. The number of anilines is 1. The predicted molar refractivity (Wildman–Crippen MR) is 98.7 cm³/mol. The Labute approximate surface area is 145 Å². The highest BCUT2D eigenvalue weighted by Gasteiger charge is 2.16. The number of hydrogen-bond donors (Lipinski definition) is 1. The van der Waals surface area contributed by atoms with Crippen molar-refractivity contribution in [3.8, 4) is 5.75 Å². The first kappa shape index (κ1) is 15.5. The second-order valence-electron chi connectivity index (χ2n) is 5.66. The van der Waals surface area contributed by atoms with E-state index in [-0.39, 0.29) is 4.90 Å². The quantitative estimate of drug-likeness (QED) is 0.606. The first-order valence-electron chi connectivity index (χ1n) is 7.74. The van der Waals surface area contributed by atoms with Gasteiger partial charge in [0.05, 0.1) is 23.2 Å². The summed E-state index contributed by atoms with van der Waals surface area (Å²) in [6.07, 6.45) is 1.96. The van der Waals surface area contributed by atoms with Gasteiger partial charge in [-0.25, -0.2) is 8.42 Å². The maximum atomic E-state index is 12.7. The number of benzene rings is 2. The van der Waals surface area contributed by atoms with Crippen LogP contribution in [0, 0.1) is 0 Å². The standard InChI is InChI=1S/C19H16N2O3S/c1-24-15-8-10-16(11-9-15)25(22,23)20-18-5-2-6-19-17(18)12-7-14-4-3-13-21(14)19/h2-13,20H,1H3. The Hall–Kier alpha value is -2.99. The maximum Gasteiger partial charge on any atom is 0.261 e. The molecule has 5 nitrogen and oxygen atoms in total. The number of hydrogen-bond acceptors (Lipinski definition) is 3. The minimum atomic E-state index is -3.68. The van der Waals surface area contributed by atoms with Gasteiger partial charge in [-0.15, -0.1) is 0 Å². The lowest BCUT2D eigenvalue weighted by Crippen LogP contribution is -2.13. The minimum Gasteiger partial charge on any atom is -0.497 e. The SMILES string of the molecule is COc1ccc(S(=O)(=O)Nc2cccc3c2ccc2cccn23)cc1. The molecule has 6 heteroatoms. The third kappa shape index (κ3) is 2.70. The molecule has 25 heavy (non-hydrogen) atoms. The summed E-state index contributed by atoms with van der Waals surface area (Å²) in [5.74, 6) is 0.610. The number of nitrogens with one attached hydrogen (secondary N) is 1. The summed E-state index contributed by atoms with van der Waals surface area (Å²) in [5.41, 5.74) is 2.55. The monoisotopic (exact) mass is 352 g/mol. The van der Waals surface area contributed by atoms with Crippen molar-refractivity contribution in [2.45, 2.75) is 4.90 Å². The third-order valence-electron chi connectivity index (χ3n) is 4.16. The Morgan fingerprint density at radius 1 is 0.920 bits per heavy atom. The fourth-order valence-corrected chi connectivity index (χ4v) is 3.98. The van der Waals surface area contributed by atoms with Gasteiger partial charge in [0.25, 0.3) is 10.0 Å². The summed E-state index contributed by atoms with van der Waals surface area (Å²) in [6, 6.07) is 19.7. The zero-order valence-corrected chi connectivity index (χ0v) is 14.3. The van der Waals surface area contributed by atoms with Gasteiger partial charge >= 0.3 is 0 Å². The molecule has 0 fully saturated rings. The van der Waals surface area contributed by atoms with E-state index in [0.29, 0.717) is 11.4 Å². The van der Waals surface area contributed by atoms with Gasteiger partial charge in [-0.2, -0.15) is 0 Å². The fourth-order valence-electron chi connectivity index (χ4n) is 2.90. The Morgan fingerprint density at radius 3 is 2.48 bits per heavy atom. The second-order valence-corrected chi connectivity index (χ2v) is 7.34. The lowest BCUT2D eigenvalue weighted by molar-refractivity contribution is 0.414. The van der Waals surface area contributed by atoms with Gasteiger partial charge in [0.15, 0.2) is 0 Å². The van der Waals surface area contributed by atoms with Gasteiger partial charge in [0.2, 0.25) is 0 Å². The highest BCUT2D eigenvalue weighted by atomic mass is 32.2. The van der Waals surface area contributed by atoms with Crippen LogP contribution in [0.4, 0.5) is 5.69 Å². The van der Waals surface area contributed by atoms with Crippen molar-refractivity contribution in [2.24, 2.45) is 0 Å². The molecule has 126 valence electrons. The number of fused-ring (bicyclic) bond motifs is 3. The lowest BCUT2D eigenvalue weighted by atomic mass is 10.2. The second kappa shape index (κ2) is 5.82. The summed E-state index contributed by atoms with van der Waals surface area (Å²) in [4.78, 5) is 0.187. The Morgan fingerprint density at radius 2 is 1.72 bits per heavy atom. The average molecular weight is 352 g/mol. The molecule has 2 heterocycles. The van der Waals surface area contributed by atoms with Crippen LogP contribution in [0.3, 0.4) is 0 Å². The zero-order chi connectivity index (χ0) is 17.4. The molecule has 1 N–H and O–H groups in total. The summed E-state index contributed by atoms with van der Waals surface area (Å²) >= 11 is 0. The van der Waals surface area contributed by atoms with Gasteiger partial charge in [0.1, 0.15) is 5.75 Å². The molecular formula is C19H16N2O3S. The summed E-state index contributed by atoms with van der Waals surface area (Å²) in [5, 5.41) is 0.836. The van der Waals surface area contributed by atoms with Crippen LogP contribution in [0.1, 0.15) is 0 Å². The van der Waals surface area contributed by atoms with Crippen LogP contribution >= 0.6 is 0 Å². The Bertz CT molecular complexity index is 1160. The van der Waals surface area contributed by atoms with Crippen LogP contribution in [-0.2, 0) is 10.0 Å². The van der Waals surface area contributed by atoms with Crippen molar-refractivity contribution in [1.82, 2.24) is 4.40 Å². The molecule has 4 aromatic rings. The van der Waals surface area contributed by atoms with Crippen LogP contribution < -0.4 is 9.46 Å². The van der Waals surface area contributed by atoms with E-state index in [9.17, 15) is 8.42 Å². The third-order valence-corrected chi connectivity index (χ3v) is 5.54. The zero-order valence-electron chi connectivity index (χ0n) is 13.5. The average Bonchev–Trinajstić information content (AvgIpc) is 3.11. The highest BCUT2D eigenvalue weighted by Crippen LogP contribution is 2.27. The van der Waals surface area contributed by atoms with Gasteiger partial charge in [0, 0.05) is 17.1 Å². The molecule has 2 aromatic heterocycles. The molecule has 0 aliphatic heterocycles. The van der Waals surface area contributed by atoms with Crippen LogP contribution in [0.5, 0.6) is 5.75 Å². The number of sulfonamides is 1. The number of aromatic nitrogens is 1. The van der Waals surface area contributed by atoms with E-state index in [0.717, 1.165) is 16.4 Å². The topological polar surface area (TPSA) is 59.8 Å². The van der Waals surface area contributed by atoms with Crippen LogP contribution in [0.25, 0.3) is 16.4 Å². The molecule has 0 atom stereocenters. The van der Waals surface area contributed by atoms with Gasteiger partial charge < -0.3 is 9.14 Å². The van der Waals surface area contributed by atoms with Gasteiger partial charge in [-0.3, -0.25) is 4.72 Å². The largest absolute Gasteiger partial charge is 0.497 e. The smallest absolute Gasteiger partial charge is 0.261 e. The normalized spacial score (nSPS) is 11.7. The predicted octanol–water partition coefficient (Wildman–Crippen LogP) is 3.90. The van der Waals surface area contributed by atoms with Crippen molar-refractivity contribution in [1.29, 1.82) is 0 Å². The molecule has 4 rings (SSSR count). The minimum absolute atomic E-state index is 0.187. The van der Waals surface area contributed by atoms with Crippen molar-refractivity contribution in [3.05, 3.63) is 72.9 Å². The number of rotatable bonds is 4. The van der Waals surface area contributed by atoms with Crippen molar-refractivity contribution >= 4 is 32.1 Å². The van der Waals surface area contributed by atoms with E-state index in [1.54, 1.807) is 25.3 Å². The molecule has 0 radical (unpaired) electrons. The van der Waals surface area contributed by atoms with E-state index in [1.807, 2.05) is 47.0 Å². The van der Waals surface area contributed by atoms with Crippen LogP contribution in [0.15, 0.2) is 77.8 Å². The molecule has 0 aliphatic carbocycles. The molecule has 0 bridgehead atoms. The van der Waals surface area contributed by atoms with E-state index in [1.165, 1.54) is 12.1 Å². The van der Waals surface area contributed by atoms with Crippen LogP contribution in [-0.4, -0.2) is 19.9 Å². The summed E-state index contributed by atoms with van der Waals surface area (Å²) in [7, 11) is -2.14. The molecule has 0 unspecified atom stereocenters. The van der Waals surface area contributed by atoms with Gasteiger partial charge in [-0.1, -0.05) is 6.07 Å². The molecule has 0 amide bonds. The van der Waals surface area contributed by atoms with Crippen molar-refractivity contribution in [2.75, 3.05) is 11.8 Å². The highest BCUT2D eigenvalue weighted by molar-refractivity contribution is 7.92.